The number of aliphatic hydroxyl groups excluding tert-OH is 2. The zero-order valence-corrected chi connectivity index (χ0v) is 48.9. The Labute approximate surface area is 455 Å². The van der Waals surface area contributed by atoms with Crippen molar-refractivity contribution in [2.75, 3.05) is 13.2 Å². The molecule has 0 aliphatic carbocycles. The molecule has 0 aromatic heterocycles. The van der Waals surface area contributed by atoms with Crippen LogP contribution in [-0.4, -0.2) is 47.4 Å². The fraction of sp³-hybridized carbons (Fsp3) is 0.851. The number of carbonyl (C=O) groups is 2. The van der Waals surface area contributed by atoms with Crippen LogP contribution in [0.25, 0.3) is 0 Å². The van der Waals surface area contributed by atoms with Crippen LogP contribution in [0.4, 0.5) is 0 Å². The van der Waals surface area contributed by atoms with Crippen LogP contribution in [0.2, 0.25) is 0 Å². The molecule has 73 heavy (non-hydrogen) atoms. The van der Waals surface area contributed by atoms with E-state index in [9.17, 15) is 19.8 Å². The Morgan fingerprint density at radius 3 is 1.08 bits per heavy atom. The first-order valence-electron chi connectivity index (χ1n) is 32.4. The van der Waals surface area contributed by atoms with Crippen molar-refractivity contribution in [2.45, 2.75) is 353 Å². The molecule has 6 heteroatoms. The second kappa shape index (κ2) is 62.4. The van der Waals surface area contributed by atoms with E-state index in [0.717, 1.165) is 51.4 Å². The first-order chi connectivity index (χ1) is 36.0. The van der Waals surface area contributed by atoms with E-state index < -0.39 is 12.1 Å². The maximum atomic E-state index is 12.4. The largest absolute Gasteiger partial charge is 0.466 e. The molecule has 0 rings (SSSR count). The van der Waals surface area contributed by atoms with Gasteiger partial charge in [0, 0.05) is 12.8 Å². The second-order valence-corrected chi connectivity index (χ2v) is 22.1. The van der Waals surface area contributed by atoms with Gasteiger partial charge in [0.2, 0.25) is 5.91 Å². The standard InChI is InChI=1S/C67H125NO5/c1-3-5-7-9-11-13-15-41-45-49-53-57-61-67(72)73-62-58-54-50-46-42-38-36-34-32-30-28-26-24-22-20-18-16-17-19-21-23-25-27-29-31-33-35-37-40-44-48-52-56-60-66(71)68-64(63-69)65(70)59-55-51-47-43-39-14-12-10-8-6-4-2/h11,13,20,22,26,28,55,59,64-65,69-70H,3-10,12,14-19,21,23-25,27,29-54,56-58,60-63H2,1-2H3,(H,68,71)/b13-11-,22-20-,28-26-,59-55+. The number of esters is 1. The van der Waals surface area contributed by atoms with E-state index in [1.807, 2.05) is 6.08 Å². The Kier molecular flexibility index (Phi) is 60.5. The van der Waals surface area contributed by atoms with Crippen molar-refractivity contribution >= 4 is 11.9 Å². The molecule has 6 nitrogen and oxygen atoms in total. The van der Waals surface area contributed by atoms with E-state index >= 15 is 0 Å². The van der Waals surface area contributed by atoms with E-state index in [2.05, 4.69) is 55.6 Å². The van der Waals surface area contributed by atoms with Gasteiger partial charge in [-0.1, -0.05) is 287 Å². The van der Waals surface area contributed by atoms with Crippen LogP contribution in [0.15, 0.2) is 48.6 Å². The summed E-state index contributed by atoms with van der Waals surface area (Å²) >= 11 is 0. The highest BCUT2D eigenvalue weighted by Gasteiger charge is 2.18. The molecule has 0 saturated carbocycles. The Bertz CT molecular complexity index is 1230. The molecule has 0 aromatic rings. The Hall–Kier alpha value is -2.18. The van der Waals surface area contributed by atoms with Crippen LogP contribution < -0.4 is 5.32 Å². The van der Waals surface area contributed by atoms with E-state index in [0.29, 0.717) is 19.4 Å². The molecule has 0 heterocycles. The van der Waals surface area contributed by atoms with Crippen LogP contribution >= 0.6 is 0 Å². The summed E-state index contributed by atoms with van der Waals surface area (Å²) in [4.78, 5) is 24.4. The highest BCUT2D eigenvalue weighted by atomic mass is 16.5. The minimum atomic E-state index is -0.842. The molecule has 0 aromatic carbocycles. The van der Waals surface area contributed by atoms with Crippen molar-refractivity contribution in [2.24, 2.45) is 0 Å². The van der Waals surface area contributed by atoms with Crippen molar-refractivity contribution in [3.8, 4) is 0 Å². The molecule has 0 bridgehead atoms. The number of carbonyl (C=O) groups excluding carboxylic acids is 2. The van der Waals surface area contributed by atoms with E-state index in [-0.39, 0.29) is 18.5 Å². The number of hydrogen-bond donors (Lipinski definition) is 3. The first kappa shape index (κ1) is 70.8. The van der Waals surface area contributed by atoms with Crippen LogP contribution in [0, 0.1) is 0 Å². The predicted octanol–water partition coefficient (Wildman–Crippen LogP) is 20.5. The van der Waals surface area contributed by atoms with Crippen LogP contribution in [0.3, 0.4) is 0 Å². The normalized spacial score (nSPS) is 12.9. The number of rotatable bonds is 60. The third-order valence-electron chi connectivity index (χ3n) is 14.8. The number of allylic oxidation sites excluding steroid dienone is 7. The molecule has 0 saturated heterocycles. The molecule has 3 N–H and O–H groups in total. The van der Waals surface area contributed by atoms with E-state index in [1.165, 1.54) is 263 Å². The van der Waals surface area contributed by atoms with Gasteiger partial charge in [-0.2, -0.15) is 0 Å². The summed E-state index contributed by atoms with van der Waals surface area (Å²) in [5.41, 5.74) is 0. The fourth-order valence-corrected chi connectivity index (χ4v) is 9.84. The molecule has 0 spiro atoms. The zero-order valence-electron chi connectivity index (χ0n) is 48.9. The lowest BCUT2D eigenvalue weighted by atomic mass is 10.0. The Morgan fingerprint density at radius 2 is 0.685 bits per heavy atom. The molecule has 0 aliphatic rings. The number of hydrogen-bond acceptors (Lipinski definition) is 5. The summed E-state index contributed by atoms with van der Waals surface area (Å²) in [6.45, 7) is 4.87. The lowest BCUT2D eigenvalue weighted by Gasteiger charge is -2.20. The van der Waals surface area contributed by atoms with Crippen molar-refractivity contribution in [3.63, 3.8) is 0 Å². The summed E-state index contributed by atoms with van der Waals surface area (Å²) in [6, 6.07) is -0.625. The van der Waals surface area contributed by atoms with Gasteiger partial charge in [-0.15, -0.1) is 0 Å². The van der Waals surface area contributed by atoms with Gasteiger partial charge in [-0.3, -0.25) is 9.59 Å². The number of amides is 1. The maximum absolute atomic E-state index is 12.4. The van der Waals surface area contributed by atoms with Crippen LogP contribution in [0.5, 0.6) is 0 Å². The number of unbranched alkanes of at least 4 members (excludes halogenated alkanes) is 43. The summed E-state index contributed by atoms with van der Waals surface area (Å²) in [5, 5.41) is 23.0. The molecule has 0 radical (unpaired) electrons. The molecule has 2 unspecified atom stereocenters. The third-order valence-corrected chi connectivity index (χ3v) is 14.8. The minimum Gasteiger partial charge on any atom is -0.466 e. The van der Waals surface area contributed by atoms with Crippen molar-refractivity contribution in [1.82, 2.24) is 5.32 Å². The molecule has 0 aliphatic heterocycles. The molecule has 2 atom stereocenters. The lowest BCUT2D eigenvalue weighted by molar-refractivity contribution is -0.143. The summed E-state index contributed by atoms with van der Waals surface area (Å²) in [6.07, 6.45) is 80.4. The maximum Gasteiger partial charge on any atom is 0.305 e. The SMILES string of the molecule is CCCCC/C=C\CCCCCCCC(=O)OCCCCCCCCCCC/C=C\C/C=C\CCCCCCCCCCCCCCCCCCCC(=O)NC(CO)C(O)/C=C/CCCCCCCCCCC. The average molecular weight is 1020 g/mol. The predicted molar refractivity (Wildman–Crippen MR) is 319 cm³/mol. The van der Waals surface area contributed by atoms with Crippen LogP contribution in [0.1, 0.15) is 341 Å². The van der Waals surface area contributed by atoms with Gasteiger partial charge in [-0.25, -0.2) is 0 Å². The number of nitrogens with one attached hydrogen (secondary N) is 1. The summed E-state index contributed by atoms with van der Waals surface area (Å²) in [7, 11) is 0. The first-order valence-corrected chi connectivity index (χ1v) is 32.4. The topological polar surface area (TPSA) is 95.9 Å². The highest BCUT2D eigenvalue weighted by molar-refractivity contribution is 5.76. The molecular weight excluding hydrogens is 899 g/mol. The quantitative estimate of drug-likeness (QED) is 0.0320. The van der Waals surface area contributed by atoms with Gasteiger partial charge >= 0.3 is 5.97 Å². The van der Waals surface area contributed by atoms with Gasteiger partial charge in [0.05, 0.1) is 25.4 Å². The van der Waals surface area contributed by atoms with Gasteiger partial charge in [0.25, 0.3) is 0 Å². The van der Waals surface area contributed by atoms with Gasteiger partial charge < -0.3 is 20.3 Å². The van der Waals surface area contributed by atoms with Crippen molar-refractivity contribution in [3.05, 3.63) is 48.6 Å². The minimum absolute atomic E-state index is 0.00345. The van der Waals surface area contributed by atoms with E-state index in [4.69, 9.17) is 4.74 Å². The molecule has 0 fully saturated rings. The number of ether oxygens (including phenoxy) is 1. The average Bonchev–Trinajstić information content (AvgIpc) is 3.39. The smallest absolute Gasteiger partial charge is 0.305 e. The second-order valence-electron chi connectivity index (χ2n) is 22.1. The molecule has 1 amide bonds. The summed E-state index contributed by atoms with van der Waals surface area (Å²) in [5.74, 6) is -0.0634. The molecule has 428 valence electrons. The van der Waals surface area contributed by atoms with Crippen molar-refractivity contribution in [1.29, 1.82) is 0 Å². The Balaban J connectivity index is 3.38. The van der Waals surface area contributed by atoms with Gasteiger partial charge in [0.1, 0.15) is 0 Å². The monoisotopic (exact) mass is 1020 g/mol. The fourth-order valence-electron chi connectivity index (χ4n) is 9.84. The zero-order chi connectivity index (χ0) is 52.9. The highest BCUT2D eigenvalue weighted by Crippen LogP contribution is 2.17. The lowest BCUT2D eigenvalue weighted by Crippen LogP contribution is -2.45. The van der Waals surface area contributed by atoms with Crippen molar-refractivity contribution < 1.29 is 24.5 Å². The van der Waals surface area contributed by atoms with Crippen LogP contribution in [-0.2, 0) is 14.3 Å². The van der Waals surface area contributed by atoms with Gasteiger partial charge in [0.15, 0.2) is 0 Å². The van der Waals surface area contributed by atoms with E-state index in [1.54, 1.807) is 6.08 Å². The third kappa shape index (κ3) is 58.9. The van der Waals surface area contributed by atoms with Gasteiger partial charge in [-0.05, 0) is 89.9 Å². The molecular formula is C67H125NO5. The Morgan fingerprint density at radius 1 is 0.384 bits per heavy atom. The summed E-state index contributed by atoms with van der Waals surface area (Å²) < 4.78 is 5.46. The number of aliphatic hydroxyl groups is 2.